The Labute approximate surface area is 130 Å². The largest absolute Gasteiger partial charge is 0.358 e. The third-order valence-corrected chi connectivity index (χ3v) is 2.87. The minimum Gasteiger partial charge on any atom is -0.358 e. The first-order valence-electron chi connectivity index (χ1n) is 6.86. The van der Waals surface area contributed by atoms with Gasteiger partial charge in [0.1, 0.15) is 5.69 Å². The van der Waals surface area contributed by atoms with E-state index >= 15 is 0 Å². The topological polar surface area (TPSA) is 159 Å². The fourth-order valence-corrected chi connectivity index (χ4v) is 1.68. The summed E-state index contributed by atoms with van der Waals surface area (Å²) in [7, 11) is 0. The fraction of sp³-hybridized carbons (Fsp3) is 0.333. The number of hydrogen-bond acceptors (Lipinski definition) is 6. The summed E-state index contributed by atoms with van der Waals surface area (Å²) in [6.07, 6.45) is 1.82. The minimum atomic E-state index is -0.697. The summed E-state index contributed by atoms with van der Waals surface area (Å²) < 4.78 is 0. The van der Waals surface area contributed by atoms with Gasteiger partial charge in [-0.3, -0.25) is 14.7 Å². The SMILES string of the molecule is CCCCNC(=O)c1cc(NC(=O)c2cc([N+](=O)[O-])[nH]n2)n[nH]1. The Hall–Kier alpha value is -3.24. The second-order valence-corrected chi connectivity index (χ2v) is 4.63. The Morgan fingerprint density at radius 3 is 2.70 bits per heavy atom. The Balaban J connectivity index is 1.96. The lowest BCUT2D eigenvalue weighted by Crippen LogP contribution is -2.24. The number of nitro groups is 1. The van der Waals surface area contributed by atoms with Crippen LogP contribution in [0.1, 0.15) is 40.7 Å². The number of amides is 2. The van der Waals surface area contributed by atoms with E-state index in [1.54, 1.807) is 0 Å². The van der Waals surface area contributed by atoms with Crippen LogP contribution in [0.2, 0.25) is 0 Å². The van der Waals surface area contributed by atoms with Gasteiger partial charge in [0.25, 0.3) is 11.8 Å². The van der Waals surface area contributed by atoms with Gasteiger partial charge >= 0.3 is 5.82 Å². The first kappa shape index (κ1) is 16.1. The summed E-state index contributed by atoms with van der Waals surface area (Å²) >= 11 is 0. The fourth-order valence-electron chi connectivity index (χ4n) is 1.68. The number of unbranched alkanes of at least 4 members (excludes halogenated alkanes) is 1. The number of carbonyl (C=O) groups excluding carboxylic acids is 2. The summed E-state index contributed by atoms with van der Waals surface area (Å²) in [5, 5.41) is 27.5. The zero-order valence-electron chi connectivity index (χ0n) is 12.3. The normalized spacial score (nSPS) is 10.3. The molecule has 2 aromatic heterocycles. The molecule has 2 aromatic rings. The number of nitrogens with one attached hydrogen (secondary N) is 4. The van der Waals surface area contributed by atoms with Crippen molar-refractivity contribution in [3.8, 4) is 0 Å². The van der Waals surface area contributed by atoms with E-state index in [-0.39, 0.29) is 23.1 Å². The van der Waals surface area contributed by atoms with Gasteiger partial charge in [-0.1, -0.05) is 18.4 Å². The van der Waals surface area contributed by atoms with E-state index in [2.05, 4.69) is 31.0 Å². The standard InChI is InChI=1S/C12H15N7O4/c1-2-3-4-13-11(20)7-5-9(17-15-7)14-12(21)8-6-10(18-16-8)19(22)23/h5-6H,2-4H2,1H3,(H,13,20)(H,16,18)(H2,14,15,17,21). The van der Waals surface area contributed by atoms with Crippen molar-refractivity contribution < 1.29 is 14.5 Å². The molecule has 0 bridgehead atoms. The highest BCUT2D eigenvalue weighted by molar-refractivity contribution is 6.03. The Morgan fingerprint density at radius 1 is 1.26 bits per heavy atom. The lowest BCUT2D eigenvalue weighted by atomic mass is 10.3. The summed E-state index contributed by atoms with van der Waals surface area (Å²) in [6.45, 7) is 2.56. The predicted octanol–water partition coefficient (Wildman–Crippen LogP) is 0.823. The van der Waals surface area contributed by atoms with E-state index in [1.807, 2.05) is 6.92 Å². The Kier molecular flexibility index (Phi) is 5.02. The molecule has 0 aromatic carbocycles. The van der Waals surface area contributed by atoms with Gasteiger partial charge in [-0.15, -0.1) is 5.10 Å². The molecule has 2 rings (SSSR count). The Morgan fingerprint density at radius 2 is 2.04 bits per heavy atom. The molecule has 11 nitrogen and oxygen atoms in total. The van der Waals surface area contributed by atoms with Gasteiger partial charge in [-0.25, -0.2) is 0 Å². The smallest absolute Gasteiger partial charge is 0.343 e. The van der Waals surface area contributed by atoms with Gasteiger partial charge in [-0.2, -0.15) is 5.10 Å². The maximum Gasteiger partial charge on any atom is 0.343 e. The lowest BCUT2D eigenvalue weighted by Gasteiger charge is -2.00. The molecule has 0 atom stereocenters. The van der Waals surface area contributed by atoms with Gasteiger partial charge in [0.05, 0.1) is 6.07 Å². The molecule has 2 heterocycles. The van der Waals surface area contributed by atoms with E-state index in [0.717, 1.165) is 18.9 Å². The van der Waals surface area contributed by atoms with Crippen molar-refractivity contribution in [1.29, 1.82) is 0 Å². The number of anilines is 1. The lowest BCUT2D eigenvalue weighted by molar-refractivity contribution is -0.389. The quantitative estimate of drug-likeness (QED) is 0.335. The Bertz CT molecular complexity index is 721. The number of aromatic amines is 2. The highest BCUT2D eigenvalue weighted by atomic mass is 16.6. The zero-order chi connectivity index (χ0) is 16.8. The highest BCUT2D eigenvalue weighted by Crippen LogP contribution is 2.11. The van der Waals surface area contributed by atoms with E-state index in [4.69, 9.17) is 0 Å². The average molecular weight is 321 g/mol. The molecule has 23 heavy (non-hydrogen) atoms. The van der Waals surface area contributed by atoms with E-state index in [1.165, 1.54) is 6.07 Å². The third kappa shape index (κ3) is 4.12. The van der Waals surface area contributed by atoms with Crippen molar-refractivity contribution in [2.24, 2.45) is 0 Å². The number of aromatic nitrogens is 4. The van der Waals surface area contributed by atoms with Crippen LogP contribution in [0.25, 0.3) is 0 Å². The molecule has 11 heteroatoms. The van der Waals surface area contributed by atoms with Crippen LogP contribution in [-0.2, 0) is 0 Å². The first-order valence-corrected chi connectivity index (χ1v) is 6.86. The second-order valence-electron chi connectivity index (χ2n) is 4.63. The molecule has 0 aliphatic carbocycles. The number of nitrogens with zero attached hydrogens (tertiary/aromatic N) is 3. The summed E-state index contributed by atoms with van der Waals surface area (Å²) in [4.78, 5) is 33.5. The van der Waals surface area contributed by atoms with Gasteiger partial charge in [-0.05, 0) is 11.3 Å². The minimum absolute atomic E-state index is 0.112. The maximum absolute atomic E-state index is 11.9. The molecular formula is C12H15N7O4. The van der Waals surface area contributed by atoms with Gasteiger partial charge in [0.15, 0.2) is 11.5 Å². The van der Waals surface area contributed by atoms with Crippen LogP contribution < -0.4 is 10.6 Å². The second kappa shape index (κ2) is 7.15. The van der Waals surface area contributed by atoms with Crippen molar-refractivity contribution in [3.05, 3.63) is 33.6 Å². The molecule has 0 fully saturated rings. The van der Waals surface area contributed by atoms with Crippen molar-refractivity contribution in [1.82, 2.24) is 25.7 Å². The van der Waals surface area contributed by atoms with Crippen molar-refractivity contribution in [2.75, 3.05) is 11.9 Å². The van der Waals surface area contributed by atoms with Crippen LogP contribution in [0.4, 0.5) is 11.6 Å². The molecule has 0 saturated carbocycles. The van der Waals surface area contributed by atoms with Crippen LogP contribution in [0, 0.1) is 10.1 Å². The monoisotopic (exact) mass is 321 g/mol. The molecule has 0 aliphatic rings. The zero-order valence-corrected chi connectivity index (χ0v) is 12.3. The average Bonchev–Trinajstić information content (AvgIpc) is 3.16. The number of carbonyl (C=O) groups is 2. The van der Waals surface area contributed by atoms with Crippen molar-refractivity contribution >= 4 is 23.5 Å². The van der Waals surface area contributed by atoms with E-state index in [0.29, 0.717) is 6.54 Å². The molecule has 4 N–H and O–H groups in total. The molecule has 2 amide bonds. The number of H-pyrrole nitrogens is 2. The summed E-state index contributed by atoms with van der Waals surface area (Å²) in [5.41, 5.74) is 0.0399. The number of rotatable bonds is 7. The van der Waals surface area contributed by atoms with Crippen LogP contribution >= 0.6 is 0 Å². The third-order valence-electron chi connectivity index (χ3n) is 2.87. The van der Waals surface area contributed by atoms with Gasteiger partial charge in [0.2, 0.25) is 0 Å². The summed E-state index contributed by atoms with van der Waals surface area (Å²) in [5.74, 6) is -1.30. The predicted molar refractivity (Wildman–Crippen MR) is 79.0 cm³/mol. The molecule has 0 aliphatic heterocycles. The maximum atomic E-state index is 11.9. The van der Waals surface area contributed by atoms with Gasteiger partial charge in [0, 0.05) is 12.6 Å². The van der Waals surface area contributed by atoms with Crippen molar-refractivity contribution in [2.45, 2.75) is 19.8 Å². The molecule has 122 valence electrons. The van der Waals surface area contributed by atoms with E-state index in [9.17, 15) is 19.7 Å². The number of hydrogen-bond donors (Lipinski definition) is 4. The van der Waals surface area contributed by atoms with Crippen LogP contribution in [0.5, 0.6) is 0 Å². The molecule has 0 unspecified atom stereocenters. The van der Waals surface area contributed by atoms with Crippen LogP contribution in [0.15, 0.2) is 12.1 Å². The molecule has 0 saturated heterocycles. The van der Waals surface area contributed by atoms with E-state index < -0.39 is 16.6 Å². The molecular weight excluding hydrogens is 306 g/mol. The highest BCUT2D eigenvalue weighted by Gasteiger charge is 2.18. The van der Waals surface area contributed by atoms with Crippen LogP contribution in [0.3, 0.4) is 0 Å². The molecule has 0 radical (unpaired) electrons. The first-order chi connectivity index (χ1) is 11.0. The van der Waals surface area contributed by atoms with Crippen LogP contribution in [-0.4, -0.2) is 43.7 Å². The van der Waals surface area contributed by atoms with Crippen molar-refractivity contribution in [3.63, 3.8) is 0 Å². The molecule has 0 spiro atoms. The summed E-state index contributed by atoms with van der Waals surface area (Å²) in [6, 6.07) is 2.36. The van der Waals surface area contributed by atoms with Gasteiger partial charge < -0.3 is 20.7 Å².